The van der Waals surface area contributed by atoms with E-state index in [1.807, 2.05) is 43.4 Å². The number of ether oxygens (including phenoxy) is 1. The molecular weight excluding hydrogens is 388 g/mol. The maximum atomic E-state index is 6.04. The van der Waals surface area contributed by atoms with Gasteiger partial charge in [0.1, 0.15) is 18.7 Å². The summed E-state index contributed by atoms with van der Waals surface area (Å²) in [6.45, 7) is 0.466. The lowest BCUT2D eigenvalue weighted by molar-refractivity contribution is 0.306. The van der Waals surface area contributed by atoms with Crippen molar-refractivity contribution in [2.24, 2.45) is 7.05 Å². The molecular formula is C24H18N6O. The lowest BCUT2D eigenvalue weighted by Gasteiger charge is -2.08. The van der Waals surface area contributed by atoms with Crippen LogP contribution in [0, 0.1) is 0 Å². The van der Waals surface area contributed by atoms with Gasteiger partial charge in [0.2, 0.25) is 0 Å². The maximum Gasteiger partial charge on any atom is 0.182 e. The quantitative estimate of drug-likeness (QED) is 0.434. The molecule has 0 aliphatic heterocycles. The zero-order valence-electron chi connectivity index (χ0n) is 16.8. The van der Waals surface area contributed by atoms with E-state index in [4.69, 9.17) is 9.72 Å². The molecule has 0 radical (unpaired) electrons. The van der Waals surface area contributed by atoms with Crippen molar-refractivity contribution in [2.75, 3.05) is 0 Å². The van der Waals surface area contributed by atoms with Gasteiger partial charge < -0.3 is 4.74 Å². The van der Waals surface area contributed by atoms with Crippen LogP contribution in [0.2, 0.25) is 0 Å². The van der Waals surface area contributed by atoms with Gasteiger partial charge in [-0.25, -0.2) is 14.5 Å². The summed E-state index contributed by atoms with van der Waals surface area (Å²) in [6.07, 6.45) is 3.44. The molecule has 0 bridgehead atoms. The highest BCUT2D eigenvalue weighted by molar-refractivity contribution is 5.89. The van der Waals surface area contributed by atoms with Crippen LogP contribution < -0.4 is 4.74 Å². The first-order valence-electron chi connectivity index (χ1n) is 9.99. The van der Waals surface area contributed by atoms with Crippen LogP contribution >= 0.6 is 0 Å². The predicted molar refractivity (Wildman–Crippen MR) is 119 cm³/mol. The van der Waals surface area contributed by atoms with Crippen LogP contribution in [-0.4, -0.2) is 29.4 Å². The maximum absolute atomic E-state index is 6.04. The molecule has 3 aromatic carbocycles. The highest BCUT2D eigenvalue weighted by atomic mass is 16.5. The van der Waals surface area contributed by atoms with Crippen molar-refractivity contribution in [3.8, 4) is 17.1 Å². The van der Waals surface area contributed by atoms with Gasteiger partial charge >= 0.3 is 0 Å². The molecule has 6 aromatic rings. The van der Waals surface area contributed by atoms with Crippen LogP contribution in [0.15, 0.2) is 79.3 Å². The number of nitrogens with zero attached hydrogens (tertiary/aromatic N) is 6. The van der Waals surface area contributed by atoms with Gasteiger partial charge in [0.05, 0.1) is 11.6 Å². The van der Waals surface area contributed by atoms with E-state index >= 15 is 0 Å². The minimum Gasteiger partial charge on any atom is -0.489 e. The van der Waals surface area contributed by atoms with E-state index in [2.05, 4.69) is 45.5 Å². The molecule has 3 heterocycles. The fourth-order valence-corrected chi connectivity index (χ4v) is 3.79. The summed E-state index contributed by atoms with van der Waals surface area (Å²) < 4.78 is 9.47. The summed E-state index contributed by atoms with van der Waals surface area (Å²) in [5.41, 5.74) is 3.50. The Morgan fingerprint density at radius 2 is 1.81 bits per heavy atom. The van der Waals surface area contributed by atoms with E-state index < -0.39 is 0 Å². The first-order chi connectivity index (χ1) is 15.2. The van der Waals surface area contributed by atoms with Crippen LogP contribution in [0.3, 0.4) is 0 Å². The van der Waals surface area contributed by atoms with Crippen molar-refractivity contribution in [1.29, 1.82) is 0 Å². The Labute approximate surface area is 177 Å². The van der Waals surface area contributed by atoms with Gasteiger partial charge in [0.25, 0.3) is 0 Å². The monoisotopic (exact) mass is 406 g/mol. The van der Waals surface area contributed by atoms with E-state index in [0.29, 0.717) is 12.4 Å². The normalized spacial score (nSPS) is 11.5. The molecule has 0 spiro atoms. The third-order valence-electron chi connectivity index (χ3n) is 5.38. The van der Waals surface area contributed by atoms with Crippen LogP contribution in [0.5, 0.6) is 5.75 Å². The predicted octanol–water partition coefficient (Wildman–Crippen LogP) is 4.41. The molecule has 0 amide bonds. The number of aromatic nitrogens is 6. The summed E-state index contributed by atoms with van der Waals surface area (Å²) in [4.78, 5) is 9.15. The van der Waals surface area contributed by atoms with Crippen LogP contribution in [0.4, 0.5) is 0 Å². The highest BCUT2D eigenvalue weighted by Gasteiger charge is 2.13. The molecule has 7 nitrogen and oxygen atoms in total. The van der Waals surface area contributed by atoms with Crippen LogP contribution in [0.25, 0.3) is 38.8 Å². The summed E-state index contributed by atoms with van der Waals surface area (Å²) >= 11 is 0. The third-order valence-corrected chi connectivity index (χ3v) is 5.38. The minimum atomic E-state index is 0.466. The first kappa shape index (κ1) is 17.6. The lowest BCUT2D eigenvalue weighted by Crippen LogP contribution is -1.96. The Hall–Kier alpha value is -4.26. The van der Waals surface area contributed by atoms with Crippen LogP contribution in [0.1, 0.15) is 5.56 Å². The lowest BCUT2D eigenvalue weighted by atomic mass is 10.1. The Balaban J connectivity index is 1.29. The molecule has 150 valence electrons. The molecule has 0 unspecified atom stereocenters. The molecule has 7 heteroatoms. The summed E-state index contributed by atoms with van der Waals surface area (Å²) in [5.74, 6) is 1.49. The average Bonchev–Trinajstić information content (AvgIpc) is 3.41. The molecule has 0 aliphatic rings. The fraction of sp³-hybridized carbons (Fsp3) is 0.0833. The fourth-order valence-electron chi connectivity index (χ4n) is 3.79. The van der Waals surface area contributed by atoms with Gasteiger partial charge in [-0.3, -0.25) is 4.68 Å². The Morgan fingerprint density at radius 1 is 0.903 bits per heavy atom. The van der Waals surface area contributed by atoms with Gasteiger partial charge in [-0.1, -0.05) is 48.5 Å². The van der Waals surface area contributed by atoms with Gasteiger partial charge in [0, 0.05) is 12.6 Å². The second kappa shape index (κ2) is 6.91. The summed E-state index contributed by atoms with van der Waals surface area (Å²) in [6, 6.07) is 22.5. The zero-order chi connectivity index (χ0) is 20.8. The smallest absolute Gasteiger partial charge is 0.182 e. The average molecular weight is 406 g/mol. The molecule has 31 heavy (non-hydrogen) atoms. The number of fused-ring (bicyclic) bond motifs is 4. The van der Waals surface area contributed by atoms with E-state index in [0.717, 1.165) is 38.9 Å². The molecule has 0 atom stereocenters. The highest BCUT2D eigenvalue weighted by Crippen LogP contribution is 2.24. The van der Waals surface area contributed by atoms with Crippen molar-refractivity contribution in [2.45, 2.75) is 6.61 Å². The van der Waals surface area contributed by atoms with E-state index in [-0.39, 0.29) is 0 Å². The zero-order valence-corrected chi connectivity index (χ0v) is 16.8. The van der Waals surface area contributed by atoms with E-state index in [1.54, 1.807) is 21.7 Å². The number of benzene rings is 3. The second-order valence-electron chi connectivity index (χ2n) is 7.45. The number of hydrogen-bond donors (Lipinski definition) is 0. The van der Waals surface area contributed by atoms with Crippen LogP contribution in [-0.2, 0) is 13.7 Å². The van der Waals surface area contributed by atoms with Crippen molar-refractivity contribution in [3.63, 3.8) is 0 Å². The van der Waals surface area contributed by atoms with E-state index in [1.165, 1.54) is 5.39 Å². The van der Waals surface area contributed by atoms with Crippen molar-refractivity contribution < 1.29 is 4.74 Å². The largest absolute Gasteiger partial charge is 0.489 e. The van der Waals surface area contributed by atoms with Crippen molar-refractivity contribution in [3.05, 3.63) is 84.8 Å². The molecule has 0 saturated carbocycles. The van der Waals surface area contributed by atoms with Gasteiger partial charge in [-0.05, 0) is 34.5 Å². The Morgan fingerprint density at radius 3 is 2.74 bits per heavy atom. The SMILES string of the molecule is Cn1ncc2c1ncn1nc(-c3cccc(COc4ccc5ccccc5c4)c3)nc21. The minimum absolute atomic E-state index is 0.466. The number of aryl methyl sites for hydroxylation is 1. The first-order valence-corrected chi connectivity index (χ1v) is 9.99. The second-order valence-corrected chi connectivity index (χ2v) is 7.45. The molecule has 0 N–H and O–H groups in total. The molecule has 0 fully saturated rings. The van der Waals surface area contributed by atoms with Gasteiger partial charge in [-0.2, -0.15) is 5.10 Å². The number of hydrogen-bond acceptors (Lipinski definition) is 5. The Bertz CT molecular complexity index is 1570. The Kier molecular flexibility index (Phi) is 3.92. The standard InChI is InChI=1S/C24H18N6O/c1-29-23-21(13-26-29)24-27-22(28-30(24)15-25-23)19-8-4-5-16(11-19)14-31-20-10-9-17-6-2-3-7-18(17)12-20/h2-13,15H,14H2,1H3. The van der Waals surface area contributed by atoms with Crippen molar-refractivity contribution >= 4 is 27.5 Å². The van der Waals surface area contributed by atoms with E-state index in [9.17, 15) is 0 Å². The topological polar surface area (TPSA) is 70.1 Å². The van der Waals surface area contributed by atoms with Crippen molar-refractivity contribution in [1.82, 2.24) is 29.4 Å². The van der Waals surface area contributed by atoms with Gasteiger partial charge in [-0.15, -0.1) is 5.10 Å². The molecule has 0 aliphatic carbocycles. The molecule has 0 saturated heterocycles. The third kappa shape index (κ3) is 3.07. The summed E-state index contributed by atoms with van der Waals surface area (Å²) in [5, 5.41) is 12.1. The molecule has 6 rings (SSSR count). The number of rotatable bonds is 4. The van der Waals surface area contributed by atoms with Gasteiger partial charge in [0.15, 0.2) is 17.1 Å². The summed E-state index contributed by atoms with van der Waals surface area (Å²) in [7, 11) is 1.86. The molecule has 3 aromatic heterocycles.